The van der Waals surface area contributed by atoms with E-state index in [4.69, 9.17) is 16.6 Å². The van der Waals surface area contributed by atoms with Crippen molar-refractivity contribution in [3.05, 3.63) is 56.7 Å². The van der Waals surface area contributed by atoms with Crippen LogP contribution in [0.3, 0.4) is 0 Å². The molecule has 5 nitrogen and oxygen atoms in total. The molecule has 0 fully saturated rings. The second kappa shape index (κ2) is 7.36. The van der Waals surface area contributed by atoms with Gasteiger partial charge in [0.05, 0.1) is 6.54 Å². The molecule has 1 aromatic carbocycles. The minimum atomic E-state index is 0.542. The van der Waals surface area contributed by atoms with Gasteiger partial charge in [0.1, 0.15) is 11.5 Å². The van der Waals surface area contributed by atoms with Gasteiger partial charge in [0, 0.05) is 16.5 Å². The van der Waals surface area contributed by atoms with Crippen molar-refractivity contribution in [3.8, 4) is 11.3 Å². The molecule has 3 rings (SSSR count). The standard InChI is InChI=1S/C17H19BrN4OS/c1-3-4-16-20-21-17(24)22(16)19-10-13-6-8-15(23-13)14-7-5-12(18)9-11(14)2/h5-9,19H,3-4,10H2,1-2H3,(H,21,24). The van der Waals surface area contributed by atoms with Crippen LogP contribution in [0.25, 0.3) is 11.3 Å². The van der Waals surface area contributed by atoms with E-state index < -0.39 is 0 Å². The minimum Gasteiger partial charge on any atom is -0.459 e. The van der Waals surface area contributed by atoms with Crippen LogP contribution in [0.1, 0.15) is 30.5 Å². The van der Waals surface area contributed by atoms with E-state index in [0.29, 0.717) is 11.3 Å². The maximum atomic E-state index is 5.97. The maximum Gasteiger partial charge on any atom is 0.214 e. The summed E-state index contributed by atoms with van der Waals surface area (Å²) in [5.41, 5.74) is 5.53. The molecule has 0 saturated heterocycles. The SMILES string of the molecule is CCCc1n[nH]c(=S)n1NCc1ccc(-c2ccc(Br)cc2C)o1. The molecule has 3 aromatic rings. The molecule has 0 spiro atoms. The van der Waals surface area contributed by atoms with Crippen molar-refractivity contribution in [2.24, 2.45) is 0 Å². The van der Waals surface area contributed by atoms with Gasteiger partial charge in [-0.2, -0.15) is 5.10 Å². The number of hydrogen-bond acceptors (Lipinski definition) is 4. The van der Waals surface area contributed by atoms with Crippen LogP contribution >= 0.6 is 28.1 Å². The summed E-state index contributed by atoms with van der Waals surface area (Å²) in [5.74, 6) is 2.61. The third-order valence-electron chi connectivity index (χ3n) is 3.74. The van der Waals surface area contributed by atoms with Gasteiger partial charge in [0.15, 0.2) is 5.82 Å². The molecule has 126 valence electrons. The highest BCUT2D eigenvalue weighted by molar-refractivity contribution is 9.10. The lowest BCUT2D eigenvalue weighted by atomic mass is 10.1. The van der Waals surface area contributed by atoms with Crippen LogP contribution < -0.4 is 5.43 Å². The van der Waals surface area contributed by atoms with Crippen molar-refractivity contribution in [1.29, 1.82) is 0 Å². The summed E-state index contributed by atoms with van der Waals surface area (Å²) < 4.78 is 9.41. The van der Waals surface area contributed by atoms with Gasteiger partial charge >= 0.3 is 0 Å². The molecular weight excluding hydrogens is 388 g/mol. The molecule has 0 amide bonds. The molecule has 2 aromatic heterocycles. The van der Waals surface area contributed by atoms with E-state index in [0.717, 1.165) is 40.2 Å². The zero-order valence-electron chi connectivity index (χ0n) is 13.6. The van der Waals surface area contributed by atoms with Gasteiger partial charge in [0.25, 0.3) is 0 Å². The Morgan fingerprint density at radius 1 is 1.33 bits per heavy atom. The molecular formula is C17H19BrN4OS. The zero-order valence-corrected chi connectivity index (χ0v) is 16.0. The predicted molar refractivity (Wildman–Crippen MR) is 101 cm³/mol. The quantitative estimate of drug-likeness (QED) is 0.567. The summed E-state index contributed by atoms with van der Waals surface area (Å²) in [7, 11) is 0. The number of nitrogens with one attached hydrogen (secondary N) is 2. The van der Waals surface area contributed by atoms with Crippen LogP contribution in [-0.4, -0.2) is 14.9 Å². The zero-order chi connectivity index (χ0) is 17.1. The summed E-state index contributed by atoms with van der Waals surface area (Å²) in [4.78, 5) is 0. The number of aromatic amines is 1. The molecule has 0 unspecified atom stereocenters. The Hall–Kier alpha value is -1.86. The second-order valence-electron chi connectivity index (χ2n) is 5.59. The number of hydrogen-bond donors (Lipinski definition) is 2. The van der Waals surface area contributed by atoms with E-state index in [1.54, 1.807) is 0 Å². The highest BCUT2D eigenvalue weighted by atomic mass is 79.9. The van der Waals surface area contributed by atoms with Crippen molar-refractivity contribution in [3.63, 3.8) is 0 Å². The third-order valence-corrected chi connectivity index (χ3v) is 4.51. The van der Waals surface area contributed by atoms with Crippen LogP contribution in [-0.2, 0) is 13.0 Å². The van der Waals surface area contributed by atoms with E-state index in [9.17, 15) is 0 Å². The van der Waals surface area contributed by atoms with Crippen LogP contribution in [0.15, 0.2) is 39.2 Å². The second-order valence-corrected chi connectivity index (χ2v) is 6.89. The number of rotatable bonds is 6. The Kier molecular flexibility index (Phi) is 5.20. The molecule has 0 aliphatic carbocycles. The van der Waals surface area contributed by atoms with Crippen molar-refractivity contribution in [2.75, 3.05) is 5.43 Å². The fourth-order valence-corrected chi connectivity index (χ4v) is 3.25. The number of halogens is 1. The molecule has 7 heteroatoms. The molecule has 0 saturated carbocycles. The van der Waals surface area contributed by atoms with Crippen molar-refractivity contribution >= 4 is 28.1 Å². The Labute approximate surface area is 154 Å². The Balaban J connectivity index is 1.75. The number of benzene rings is 1. The van der Waals surface area contributed by atoms with Crippen molar-refractivity contribution in [2.45, 2.75) is 33.2 Å². The summed E-state index contributed by atoms with van der Waals surface area (Å²) in [6, 6.07) is 10.1. The number of H-pyrrole nitrogens is 1. The van der Waals surface area contributed by atoms with Gasteiger partial charge < -0.3 is 9.84 Å². The predicted octanol–water partition coefficient (Wildman–Crippen LogP) is 4.97. The molecule has 0 aliphatic heterocycles. The smallest absolute Gasteiger partial charge is 0.214 e. The lowest BCUT2D eigenvalue weighted by Crippen LogP contribution is -2.17. The first-order chi connectivity index (χ1) is 11.6. The van der Waals surface area contributed by atoms with Gasteiger partial charge in [-0.05, 0) is 61.5 Å². The topological polar surface area (TPSA) is 58.8 Å². The van der Waals surface area contributed by atoms with Crippen LogP contribution in [0.5, 0.6) is 0 Å². The highest BCUT2D eigenvalue weighted by Gasteiger charge is 2.09. The van der Waals surface area contributed by atoms with Gasteiger partial charge in [0.2, 0.25) is 4.77 Å². The van der Waals surface area contributed by atoms with Gasteiger partial charge in [-0.1, -0.05) is 22.9 Å². The molecule has 0 atom stereocenters. The molecule has 0 bridgehead atoms. The Morgan fingerprint density at radius 3 is 2.92 bits per heavy atom. The number of aromatic nitrogens is 3. The minimum absolute atomic E-state index is 0.542. The average molecular weight is 407 g/mol. The van der Waals surface area contributed by atoms with Crippen LogP contribution in [0.2, 0.25) is 0 Å². The van der Waals surface area contributed by atoms with E-state index in [2.05, 4.69) is 57.5 Å². The van der Waals surface area contributed by atoms with E-state index >= 15 is 0 Å². The van der Waals surface area contributed by atoms with Crippen LogP contribution in [0.4, 0.5) is 0 Å². The lowest BCUT2D eigenvalue weighted by molar-refractivity contribution is 0.520. The number of aryl methyl sites for hydroxylation is 2. The van der Waals surface area contributed by atoms with Crippen molar-refractivity contribution < 1.29 is 4.42 Å². The molecule has 2 heterocycles. The first kappa shape index (κ1) is 17.0. The first-order valence-electron chi connectivity index (χ1n) is 7.84. The number of furan rings is 1. The molecule has 2 N–H and O–H groups in total. The summed E-state index contributed by atoms with van der Waals surface area (Å²) in [5, 5.41) is 7.06. The summed E-state index contributed by atoms with van der Waals surface area (Å²) in [6.07, 6.45) is 1.87. The molecule has 0 radical (unpaired) electrons. The van der Waals surface area contributed by atoms with E-state index in [1.165, 1.54) is 5.56 Å². The van der Waals surface area contributed by atoms with Gasteiger partial charge in [-0.3, -0.25) is 5.10 Å². The fourth-order valence-electron chi connectivity index (χ4n) is 2.56. The van der Waals surface area contributed by atoms with E-state index in [-0.39, 0.29) is 0 Å². The van der Waals surface area contributed by atoms with Gasteiger partial charge in [-0.25, -0.2) is 4.68 Å². The van der Waals surface area contributed by atoms with Gasteiger partial charge in [-0.15, -0.1) is 0 Å². The maximum absolute atomic E-state index is 5.97. The highest BCUT2D eigenvalue weighted by Crippen LogP contribution is 2.27. The Morgan fingerprint density at radius 2 is 2.17 bits per heavy atom. The fraction of sp³-hybridized carbons (Fsp3) is 0.294. The molecule has 0 aliphatic rings. The summed E-state index contributed by atoms with van der Waals surface area (Å²) >= 11 is 8.75. The normalized spacial score (nSPS) is 11.0. The van der Waals surface area contributed by atoms with Crippen LogP contribution in [0, 0.1) is 11.7 Å². The number of nitrogens with zero attached hydrogens (tertiary/aromatic N) is 2. The molecule has 24 heavy (non-hydrogen) atoms. The first-order valence-corrected chi connectivity index (χ1v) is 9.04. The lowest BCUT2D eigenvalue weighted by Gasteiger charge is -2.08. The Bertz CT molecular complexity index is 896. The summed E-state index contributed by atoms with van der Waals surface area (Å²) in [6.45, 7) is 4.73. The monoisotopic (exact) mass is 406 g/mol. The van der Waals surface area contributed by atoms with E-state index in [1.807, 2.05) is 22.9 Å². The largest absolute Gasteiger partial charge is 0.459 e. The average Bonchev–Trinajstić information content (AvgIpc) is 3.13. The van der Waals surface area contributed by atoms with Crippen molar-refractivity contribution in [1.82, 2.24) is 14.9 Å². The third kappa shape index (κ3) is 3.62.